The Bertz CT molecular complexity index is 1100. The highest BCUT2D eigenvalue weighted by Crippen LogP contribution is 2.32. The number of phenolic OH excluding ortho intramolecular Hbond substituents is 1. The maximum atomic E-state index is 10.1. The van der Waals surface area contributed by atoms with Gasteiger partial charge in [0.15, 0.2) is 11.5 Å². The van der Waals surface area contributed by atoms with Crippen LogP contribution in [-0.2, 0) is 6.42 Å². The predicted octanol–water partition coefficient (Wildman–Crippen LogP) is 7.50. The number of allylic oxidation sites excluding steroid dienone is 5. The number of nitrogens with zero attached hydrogens (tertiary/aromatic N) is 1. The number of hydrogen-bond acceptors (Lipinski definition) is 3. The Morgan fingerprint density at radius 2 is 1.75 bits per heavy atom. The molecule has 0 saturated heterocycles. The molecule has 2 N–H and O–H groups in total. The molecule has 0 unspecified atom stereocenters. The second kappa shape index (κ2) is 11.8. The van der Waals surface area contributed by atoms with Crippen LogP contribution in [-0.4, -0.2) is 22.2 Å². The molecule has 3 rings (SSSR count). The first-order valence-electron chi connectivity index (χ1n) is 10.7. The number of nitrogens with one attached hydrogen (secondary N) is 1. The molecule has 0 radical (unpaired) electrons. The number of H-pyrrole nitrogens is 1. The molecule has 0 atom stereocenters. The lowest BCUT2D eigenvalue weighted by molar-refractivity contribution is 0.373. The molecular weight excluding hydrogens is 396 g/mol. The maximum Gasteiger partial charge on any atom is 0.160 e. The molecule has 0 spiro atoms. The summed E-state index contributed by atoms with van der Waals surface area (Å²) in [6.07, 6.45) is 4.96. The molecular formula is C28H34N2O2. The van der Waals surface area contributed by atoms with Gasteiger partial charge in [0.1, 0.15) is 5.82 Å². The van der Waals surface area contributed by atoms with E-state index in [-0.39, 0.29) is 5.75 Å². The van der Waals surface area contributed by atoms with Crippen LogP contribution in [0.15, 0.2) is 84.0 Å². The van der Waals surface area contributed by atoms with E-state index in [9.17, 15) is 5.11 Å². The van der Waals surface area contributed by atoms with Crippen molar-refractivity contribution in [3.8, 4) is 34.1 Å². The second-order valence-electron chi connectivity index (χ2n) is 8.05. The van der Waals surface area contributed by atoms with Gasteiger partial charge in [0.2, 0.25) is 0 Å². The van der Waals surface area contributed by atoms with Crippen LogP contribution in [0.5, 0.6) is 11.5 Å². The minimum Gasteiger partial charge on any atom is -0.504 e. The quantitative estimate of drug-likeness (QED) is 0.314. The van der Waals surface area contributed by atoms with Crippen molar-refractivity contribution in [2.24, 2.45) is 0 Å². The van der Waals surface area contributed by atoms with Gasteiger partial charge < -0.3 is 14.8 Å². The van der Waals surface area contributed by atoms with Gasteiger partial charge in [0.05, 0.1) is 12.8 Å². The highest BCUT2D eigenvalue weighted by Gasteiger charge is 2.15. The van der Waals surface area contributed by atoms with E-state index >= 15 is 0 Å². The third-order valence-corrected chi connectivity index (χ3v) is 4.76. The summed E-state index contributed by atoms with van der Waals surface area (Å²) in [5.74, 6) is 1.28. The van der Waals surface area contributed by atoms with E-state index in [1.807, 2.05) is 38.1 Å². The molecule has 0 aliphatic carbocycles. The highest BCUT2D eigenvalue weighted by molar-refractivity contribution is 5.69. The molecule has 32 heavy (non-hydrogen) atoms. The van der Waals surface area contributed by atoms with Crippen LogP contribution in [0.25, 0.3) is 22.6 Å². The average Bonchev–Trinajstić information content (AvgIpc) is 3.17. The minimum atomic E-state index is 0.101. The molecule has 1 heterocycles. The van der Waals surface area contributed by atoms with Crippen molar-refractivity contribution in [2.75, 3.05) is 7.11 Å². The number of aromatic hydroxyl groups is 1. The van der Waals surface area contributed by atoms with Gasteiger partial charge in [-0.25, -0.2) is 4.98 Å². The van der Waals surface area contributed by atoms with Gasteiger partial charge in [-0.15, -0.1) is 0 Å². The number of hydrogen-bond donors (Lipinski definition) is 2. The number of benzene rings is 2. The molecule has 1 aromatic heterocycles. The number of ether oxygens (including phenoxy) is 1. The topological polar surface area (TPSA) is 58.1 Å². The summed E-state index contributed by atoms with van der Waals surface area (Å²) >= 11 is 0. The van der Waals surface area contributed by atoms with E-state index in [1.165, 1.54) is 18.3 Å². The number of phenols is 1. The number of aromatic nitrogens is 2. The lowest BCUT2D eigenvalue weighted by atomic mass is 10.1. The van der Waals surface area contributed by atoms with Crippen molar-refractivity contribution in [2.45, 2.75) is 41.0 Å². The van der Waals surface area contributed by atoms with E-state index in [1.54, 1.807) is 12.1 Å². The Labute approximate surface area is 192 Å². The first kappa shape index (κ1) is 24.7. The molecule has 0 amide bonds. The number of rotatable bonds is 6. The lowest BCUT2D eigenvalue weighted by Crippen LogP contribution is -1.91. The van der Waals surface area contributed by atoms with E-state index in [4.69, 9.17) is 9.72 Å². The Morgan fingerprint density at radius 1 is 1.06 bits per heavy atom. The standard InChI is InChI=1S/C21H22N2O2.C7H12/c1-4-14(2)12-17-20(15-8-6-5-7-9-15)23-21(22-17)16-10-11-19(25-3)18(24)13-16;1-6(2)5-7(3)4/h4-11,13,24H,12H2,1-3H3,(H,22,23);5H,1H2,2-4H3/b14-4-;. The van der Waals surface area contributed by atoms with Crippen molar-refractivity contribution in [1.29, 1.82) is 0 Å². The Balaban J connectivity index is 0.000000451. The molecule has 4 heteroatoms. The SMILES string of the molecule is C/C=C(/C)Cc1[nH]c(-c2ccc(OC)c(O)c2)nc1-c1ccccc1.C=C(C)C=C(C)C. The molecule has 3 aromatic rings. The smallest absolute Gasteiger partial charge is 0.160 e. The van der Waals surface area contributed by atoms with E-state index in [2.05, 4.69) is 56.6 Å². The third-order valence-electron chi connectivity index (χ3n) is 4.76. The van der Waals surface area contributed by atoms with Crippen LogP contribution in [0.3, 0.4) is 0 Å². The van der Waals surface area contributed by atoms with Gasteiger partial charge in [-0.2, -0.15) is 0 Å². The molecule has 4 nitrogen and oxygen atoms in total. The summed E-state index contributed by atoms with van der Waals surface area (Å²) in [4.78, 5) is 8.22. The number of methoxy groups -OCH3 is 1. The highest BCUT2D eigenvalue weighted by atomic mass is 16.5. The van der Waals surface area contributed by atoms with Crippen molar-refractivity contribution >= 4 is 0 Å². The third kappa shape index (κ3) is 7.02. The van der Waals surface area contributed by atoms with Crippen LogP contribution in [0, 0.1) is 0 Å². The molecule has 0 aliphatic heterocycles. The molecule has 0 aliphatic rings. The Hall–Kier alpha value is -3.53. The monoisotopic (exact) mass is 430 g/mol. The summed E-state index contributed by atoms with van der Waals surface area (Å²) in [6, 6.07) is 15.4. The fourth-order valence-electron chi connectivity index (χ4n) is 3.22. The summed E-state index contributed by atoms with van der Waals surface area (Å²) < 4.78 is 5.11. The molecule has 0 fully saturated rings. The van der Waals surface area contributed by atoms with E-state index in [0.717, 1.165) is 40.3 Å². The van der Waals surface area contributed by atoms with Crippen molar-refractivity contribution in [3.05, 3.63) is 89.7 Å². The van der Waals surface area contributed by atoms with Gasteiger partial charge in [-0.05, 0) is 52.8 Å². The number of aromatic amines is 1. The first-order valence-corrected chi connectivity index (χ1v) is 10.7. The molecule has 168 valence electrons. The Morgan fingerprint density at radius 3 is 2.25 bits per heavy atom. The van der Waals surface area contributed by atoms with Gasteiger partial charge in [-0.1, -0.05) is 65.8 Å². The van der Waals surface area contributed by atoms with Gasteiger partial charge >= 0.3 is 0 Å². The summed E-state index contributed by atoms with van der Waals surface area (Å²) in [5, 5.41) is 10.1. The first-order chi connectivity index (χ1) is 15.2. The normalized spacial score (nSPS) is 10.8. The van der Waals surface area contributed by atoms with Crippen LogP contribution >= 0.6 is 0 Å². The largest absolute Gasteiger partial charge is 0.504 e. The summed E-state index contributed by atoms with van der Waals surface area (Å²) in [5.41, 5.74) is 7.60. The fraction of sp³-hybridized carbons (Fsp3) is 0.250. The Kier molecular flexibility index (Phi) is 9.08. The van der Waals surface area contributed by atoms with Crippen LogP contribution < -0.4 is 4.74 Å². The fourth-order valence-corrected chi connectivity index (χ4v) is 3.22. The predicted molar refractivity (Wildman–Crippen MR) is 135 cm³/mol. The van der Waals surface area contributed by atoms with Gasteiger partial charge in [-0.3, -0.25) is 0 Å². The zero-order valence-electron chi connectivity index (χ0n) is 20.0. The lowest BCUT2D eigenvalue weighted by Gasteiger charge is -2.04. The van der Waals surface area contributed by atoms with E-state index < -0.39 is 0 Å². The maximum absolute atomic E-state index is 10.1. The van der Waals surface area contributed by atoms with Crippen molar-refractivity contribution in [3.63, 3.8) is 0 Å². The van der Waals surface area contributed by atoms with Crippen molar-refractivity contribution in [1.82, 2.24) is 9.97 Å². The minimum absolute atomic E-state index is 0.101. The summed E-state index contributed by atoms with van der Waals surface area (Å²) in [6.45, 7) is 14.0. The van der Waals surface area contributed by atoms with Crippen LogP contribution in [0.4, 0.5) is 0 Å². The average molecular weight is 431 g/mol. The van der Waals surface area contributed by atoms with Crippen molar-refractivity contribution < 1.29 is 9.84 Å². The van der Waals surface area contributed by atoms with E-state index in [0.29, 0.717) is 5.75 Å². The zero-order valence-corrected chi connectivity index (χ0v) is 20.0. The summed E-state index contributed by atoms with van der Waals surface area (Å²) in [7, 11) is 1.53. The number of imidazole rings is 1. The molecule has 2 aromatic carbocycles. The van der Waals surface area contributed by atoms with Gasteiger partial charge in [0, 0.05) is 23.2 Å². The molecule has 0 bridgehead atoms. The van der Waals surface area contributed by atoms with Crippen LogP contribution in [0.1, 0.15) is 40.3 Å². The second-order valence-corrected chi connectivity index (χ2v) is 8.05. The zero-order chi connectivity index (χ0) is 23.7. The van der Waals surface area contributed by atoms with Gasteiger partial charge in [0.25, 0.3) is 0 Å². The molecule has 0 saturated carbocycles. The van der Waals surface area contributed by atoms with Crippen LogP contribution in [0.2, 0.25) is 0 Å².